The summed E-state index contributed by atoms with van der Waals surface area (Å²) in [4.78, 5) is 0. The van der Waals surface area contributed by atoms with Crippen molar-refractivity contribution in [2.75, 3.05) is 0 Å². The molecule has 0 N–H and O–H groups in total. The van der Waals surface area contributed by atoms with Crippen molar-refractivity contribution in [1.82, 2.24) is 0 Å². The summed E-state index contributed by atoms with van der Waals surface area (Å²) in [6.07, 6.45) is 9.54. The van der Waals surface area contributed by atoms with Crippen LogP contribution in [-0.4, -0.2) is 0 Å². The average molecular weight is 336 g/mol. The second kappa shape index (κ2) is 4.80. The predicted molar refractivity (Wildman–Crippen MR) is 108 cm³/mol. The molecular formula is C26H24. The van der Waals surface area contributed by atoms with Crippen molar-refractivity contribution < 1.29 is 0 Å². The van der Waals surface area contributed by atoms with Gasteiger partial charge in [0.1, 0.15) is 0 Å². The lowest BCUT2D eigenvalue weighted by Gasteiger charge is -2.37. The van der Waals surface area contributed by atoms with E-state index in [-0.39, 0.29) is 0 Å². The average Bonchev–Trinajstić information content (AvgIpc) is 3.45. The van der Waals surface area contributed by atoms with E-state index in [0.29, 0.717) is 0 Å². The Balaban J connectivity index is 1.38. The van der Waals surface area contributed by atoms with Crippen LogP contribution >= 0.6 is 0 Å². The van der Waals surface area contributed by atoms with Gasteiger partial charge in [-0.1, -0.05) is 54.6 Å². The summed E-state index contributed by atoms with van der Waals surface area (Å²) in [6, 6.07) is 20.7. The van der Waals surface area contributed by atoms with Crippen LogP contribution in [0.5, 0.6) is 0 Å². The third-order valence-corrected chi connectivity index (χ3v) is 8.45. The minimum Gasteiger partial charge on any atom is -0.0848 e. The van der Waals surface area contributed by atoms with Gasteiger partial charge in [0.25, 0.3) is 0 Å². The smallest absolute Gasteiger partial charge is 0.0122 e. The molecule has 0 heteroatoms. The molecule has 0 amide bonds. The number of hydrogen-bond donors (Lipinski definition) is 0. The van der Waals surface area contributed by atoms with Crippen LogP contribution in [-0.2, 0) is 0 Å². The molecule has 0 aromatic heterocycles. The quantitative estimate of drug-likeness (QED) is 0.268. The molecule has 128 valence electrons. The van der Waals surface area contributed by atoms with E-state index in [2.05, 4.69) is 66.7 Å². The van der Waals surface area contributed by atoms with E-state index in [1.807, 2.05) is 0 Å². The molecule has 4 aliphatic carbocycles. The van der Waals surface area contributed by atoms with Gasteiger partial charge in [0, 0.05) is 0 Å². The first-order valence-electron chi connectivity index (χ1n) is 10.5. The van der Waals surface area contributed by atoms with Crippen LogP contribution in [0.2, 0.25) is 0 Å². The van der Waals surface area contributed by atoms with Crippen molar-refractivity contribution in [2.45, 2.75) is 25.2 Å². The van der Waals surface area contributed by atoms with Gasteiger partial charge in [-0.3, -0.25) is 0 Å². The fraction of sp³-hybridized carbons (Fsp3) is 0.385. The molecule has 0 aliphatic heterocycles. The summed E-state index contributed by atoms with van der Waals surface area (Å²) in [5.74, 6) is 6.56. The van der Waals surface area contributed by atoms with E-state index >= 15 is 0 Å². The number of rotatable bonds is 1. The van der Waals surface area contributed by atoms with Crippen LogP contribution in [0.3, 0.4) is 0 Å². The molecule has 0 saturated heterocycles. The van der Waals surface area contributed by atoms with E-state index in [0.717, 1.165) is 41.4 Å². The Hall–Kier alpha value is -2.08. The third-order valence-electron chi connectivity index (χ3n) is 8.45. The molecule has 3 aromatic carbocycles. The normalized spacial score (nSPS) is 39.3. The van der Waals surface area contributed by atoms with Gasteiger partial charge >= 0.3 is 0 Å². The standard InChI is InChI=1S/C26H24/c1-2-5-16-12-22-17(10-15(16)4-1)6-3-7-21(22)23-13-20-14-24(23)26-19-9-8-18(11-19)25(20)26/h1-10,12,18-20,23-26H,11,13-14H2. The Morgan fingerprint density at radius 2 is 1.42 bits per heavy atom. The Morgan fingerprint density at radius 1 is 0.654 bits per heavy atom. The van der Waals surface area contributed by atoms with Gasteiger partial charge in [-0.05, 0) is 99.9 Å². The van der Waals surface area contributed by atoms with Crippen LogP contribution < -0.4 is 0 Å². The summed E-state index contributed by atoms with van der Waals surface area (Å²) in [5.41, 5.74) is 1.64. The first-order valence-corrected chi connectivity index (χ1v) is 10.5. The van der Waals surface area contributed by atoms with Crippen molar-refractivity contribution in [3.63, 3.8) is 0 Å². The summed E-state index contributed by atoms with van der Waals surface area (Å²) < 4.78 is 0. The molecule has 3 saturated carbocycles. The van der Waals surface area contributed by atoms with E-state index in [9.17, 15) is 0 Å². The van der Waals surface area contributed by atoms with Crippen molar-refractivity contribution in [2.24, 2.45) is 35.5 Å². The summed E-state index contributed by atoms with van der Waals surface area (Å²) in [5, 5.41) is 5.69. The molecule has 4 bridgehead atoms. The second-order valence-electron chi connectivity index (χ2n) is 9.37. The highest BCUT2D eigenvalue weighted by molar-refractivity contribution is 5.99. The largest absolute Gasteiger partial charge is 0.0848 e. The predicted octanol–water partition coefficient (Wildman–Crippen LogP) is 6.55. The lowest BCUT2D eigenvalue weighted by Crippen LogP contribution is -2.30. The first kappa shape index (κ1) is 14.0. The molecular weight excluding hydrogens is 312 g/mol. The topological polar surface area (TPSA) is 0 Å². The fourth-order valence-corrected chi connectivity index (χ4v) is 7.69. The lowest BCUT2D eigenvalue weighted by molar-refractivity contribution is 0.185. The van der Waals surface area contributed by atoms with E-state index < -0.39 is 0 Å². The first-order chi connectivity index (χ1) is 12.9. The maximum Gasteiger partial charge on any atom is -0.0122 e. The van der Waals surface area contributed by atoms with Crippen LogP contribution in [0.4, 0.5) is 0 Å². The third kappa shape index (κ3) is 1.66. The Kier molecular flexibility index (Phi) is 2.59. The Labute approximate surface area is 154 Å². The van der Waals surface area contributed by atoms with Crippen molar-refractivity contribution >= 4 is 21.5 Å². The molecule has 0 spiro atoms. The molecule has 3 aromatic rings. The summed E-state index contributed by atoms with van der Waals surface area (Å²) in [6.45, 7) is 0. The minimum absolute atomic E-state index is 0.791. The van der Waals surface area contributed by atoms with Gasteiger partial charge in [0.2, 0.25) is 0 Å². The zero-order valence-corrected chi connectivity index (χ0v) is 15.0. The maximum absolute atomic E-state index is 2.57. The van der Waals surface area contributed by atoms with E-state index in [1.165, 1.54) is 40.8 Å². The molecule has 7 atom stereocenters. The van der Waals surface area contributed by atoms with Gasteiger partial charge in [-0.25, -0.2) is 0 Å². The number of fused-ring (bicyclic) bond motifs is 11. The molecule has 0 nitrogen and oxygen atoms in total. The van der Waals surface area contributed by atoms with Crippen molar-refractivity contribution in [1.29, 1.82) is 0 Å². The van der Waals surface area contributed by atoms with Gasteiger partial charge in [-0.2, -0.15) is 0 Å². The van der Waals surface area contributed by atoms with Gasteiger partial charge in [-0.15, -0.1) is 0 Å². The van der Waals surface area contributed by atoms with Crippen molar-refractivity contribution in [3.05, 3.63) is 72.3 Å². The highest BCUT2D eigenvalue weighted by Gasteiger charge is 2.61. The van der Waals surface area contributed by atoms with Crippen LogP contribution in [0.25, 0.3) is 21.5 Å². The lowest BCUT2D eigenvalue weighted by atomic mass is 9.67. The van der Waals surface area contributed by atoms with Gasteiger partial charge in [0.15, 0.2) is 0 Å². The molecule has 7 unspecified atom stereocenters. The highest BCUT2D eigenvalue weighted by Crippen LogP contribution is 2.69. The highest BCUT2D eigenvalue weighted by atomic mass is 14.6. The Bertz CT molecular complexity index is 1070. The molecule has 7 rings (SSSR count). The SMILES string of the molecule is C1=CC2CC1C1C3CC(c4cccc5cc6ccccc6cc45)C(C3)C21. The maximum atomic E-state index is 2.57. The molecule has 3 fully saturated rings. The van der Waals surface area contributed by atoms with Gasteiger partial charge < -0.3 is 0 Å². The summed E-state index contributed by atoms with van der Waals surface area (Å²) >= 11 is 0. The summed E-state index contributed by atoms with van der Waals surface area (Å²) in [7, 11) is 0. The van der Waals surface area contributed by atoms with Crippen molar-refractivity contribution in [3.8, 4) is 0 Å². The number of allylic oxidation sites excluding steroid dienone is 2. The van der Waals surface area contributed by atoms with Crippen LogP contribution in [0.15, 0.2) is 66.7 Å². The number of benzene rings is 3. The van der Waals surface area contributed by atoms with Crippen LogP contribution in [0.1, 0.15) is 30.7 Å². The fourth-order valence-electron chi connectivity index (χ4n) is 7.69. The zero-order valence-electron chi connectivity index (χ0n) is 15.0. The molecule has 0 heterocycles. The zero-order chi connectivity index (χ0) is 16.8. The molecule has 0 radical (unpaired) electrons. The van der Waals surface area contributed by atoms with Gasteiger partial charge in [0.05, 0.1) is 0 Å². The minimum atomic E-state index is 0.791. The van der Waals surface area contributed by atoms with E-state index in [1.54, 1.807) is 5.56 Å². The Morgan fingerprint density at radius 3 is 2.31 bits per heavy atom. The molecule has 26 heavy (non-hydrogen) atoms. The molecule has 4 aliphatic rings. The van der Waals surface area contributed by atoms with E-state index in [4.69, 9.17) is 0 Å². The second-order valence-corrected chi connectivity index (χ2v) is 9.37. The van der Waals surface area contributed by atoms with Crippen LogP contribution in [0, 0.1) is 35.5 Å². The monoisotopic (exact) mass is 336 g/mol. The number of hydrogen-bond acceptors (Lipinski definition) is 0.